The molecule has 1 aromatic carbocycles. The van der Waals surface area contributed by atoms with Crippen LogP contribution in [0.25, 0.3) is 16.7 Å². The summed E-state index contributed by atoms with van der Waals surface area (Å²) in [6.07, 6.45) is 0. The van der Waals surface area contributed by atoms with Gasteiger partial charge in [0, 0.05) is 5.56 Å². The van der Waals surface area contributed by atoms with E-state index in [1.807, 2.05) is 17.5 Å². The van der Waals surface area contributed by atoms with Gasteiger partial charge in [0.25, 0.3) is 0 Å². The number of hydrogen-bond donors (Lipinski definition) is 2. The van der Waals surface area contributed by atoms with Crippen LogP contribution in [0.2, 0.25) is 5.02 Å². The first kappa shape index (κ1) is 16.2. The summed E-state index contributed by atoms with van der Waals surface area (Å²) in [4.78, 5) is 5.82. The number of nitrogens with zero attached hydrogens (tertiary/aromatic N) is 4. The van der Waals surface area contributed by atoms with Gasteiger partial charge in [0.05, 0.1) is 22.0 Å². The fourth-order valence-corrected chi connectivity index (χ4v) is 3.11. The number of aromatic amines is 1. The van der Waals surface area contributed by atoms with Crippen molar-refractivity contribution in [3.8, 4) is 11.4 Å². The molecule has 3 aromatic rings. The number of benzene rings is 1. The van der Waals surface area contributed by atoms with Gasteiger partial charge in [-0.05, 0) is 27.6 Å². The molecule has 2 heterocycles. The third kappa shape index (κ3) is 3.99. The highest BCUT2D eigenvalue weighted by atomic mass is 35.5. The maximum atomic E-state index is 6.24. The molecule has 0 unspecified atom stereocenters. The van der Waals surface area contributed by atoms with Crippen molar-refractivity contribution in [2.24, 2.45) is 5.90 Å². The summed E-state index contributed by atoms with van der Waals surface area (Å²) in [6.45, 7) is 0.535. The van der Waals surface area contributed by atoms with Crippen LogP contribution in [0.4, 0.5) is 5.69 Å². The summed E-state index contributed by atoms with van der Waals surface area (Å²) in [5.41, 5.74) is 1.32. The Kier molecular flexibility index (Phi) is 5.43. The Balaban J connectivity index is 1.91. The summed E-state index contributed by atoms with van der Waals surface area (Å²) in [5, 5.41) is 21.0. The Bertz CT molecular complexity index is 753. The molecule has 11 heteroatoms. The summed E-state index contributed by atoms with van der Waals surface area (Å²) < 4.78 is 4.65. The van der Waals surface area contributed by atoms with Crippen LogP contribution in [0.15, 0.2) is 34.5 Å². The normalized spacial score (nSPS) is 10.9. The van der Waals surface area contributed by atoms with Gasteiger partial charge >= 0.3 is 0 Å². The topological polar surface area (TPSA) is 113 Å². The van der Waals surface area contributed by atoms with Crippen molar-refractivity contribution in [1.82, 2.24) is 20.6 Å². The van der Waals surface area contributed by atoms with Gasteiger partial charge in [-0.3, -0.25) is 0 Å². The minimum atomic E-state index is 0.405. The Morgan fingerprint density at radius 1 is 1.43 bits per heavy atom. The summed E-state index contributed by atoms with van der Waals surface area (Å²) >= 11 is 8.75. The maximum Gasteiger partial charge on any atom is 0.203 e. The quantitative estimate of drug-likeness (QED) is 0.371. The van der Waals surface area contributed by atoms with E-state index in [0.717, 1.165) is 16.9 Å². The number of H-pyrrole nitrogens is 1. The van der Waals surface area contributed by atoms with E-state index in [-0.39, 0.29) is 0 Å². The second kappa shape index (κ2) is 7.73. The molecule has 0 amide bonds. The summed E-state index contributed by atoms with van der Waals surface area (Å²) in [6, 6.07) is 7.44. The standard InChI is InChI=1S/C12H10ClN6O2S2/c13-9-5-10(15-6-7-2-1-3-22-7)8(12-16-18-19-17-12)4-11(9)23-21-20-14/h1-5H,6,14H2,(H,16,17,18,19)/q-1. The van der Waals surface area contributed by atoms with Crippen LogP contribution in [0.5, 0.6) is 0 Å². The molecule has 0 aliphatic heterocycles. The highest BCUT2D eigenvalue weighted by molar-refractivity contribution is 7.94. The van der Waals surface area contributed by atoms with Gasteiger partial charge in [-0.2, -0.15) is 22.4 Å². The number of nitrogens with two attached hydrogens (primary N) is 1. The molecule has 23 heavy (non-hydrogen) atoms. The number of halogens is 1. The number of thiophene rings is 1. The van der Waals surface area contributed by atoms with Crippen molar-refractivity contribution in [2.45, 2.75) is 11.4 Å². The molecule has 0 aliphatic carbocycles. The molecule has 120 valence electrons. The predicted octanol–water partition coefficient (Wildman–Crippen LogP) is 3.62. The van der Waals surface area contributed by atoms with E-state index >= 15 is 0 Å². The minimum Gasteiger partial charge on any atom is -0.679 e. The molecular formula is C12H10ClN6O2S2-. The van der Waals surface area contributed by atoms with Crippen molar-refractivity contribution in [2.75, 3.05) is 0 Å². The van der Waals surface area contributed by atoms with Crippen molar-refractivity contribution < 1.29 is 9.32 Å². The smallest absolute Gasteiger partial charge is 0.203 e. The van der Waals surface area contributed by atoms with Gasteiger partial charge < -0.3 is 5.32 Å². The second-order valence-electron chi connectivity index (χ2n) is 4.18. The lowest BCUT2D eigenvalue weighted by Crippen LogP contribution is -1.94. The van der Waals surface area contributed by atoms with Crippen molar-refractivity contribution in [1.29, 1.82) is 0 Å². The van der Waals surface area contributed by atoms with Gasteiger partial charge in [-0.15, -0.1) is 25.2 Å². The van der Waals surface area contributed by atoms with E-state index < -0.39 is 0 Å². The Hall–Kier alpha value is -1.69. The number of hydrogen-bond acceptors (Lipinski definition) is 8. The molecule has 3 rings (SSSR count). The van der Waals surface area contributed by atoms with Gasteiger partial charge in [0.15, 0.2) is 0 Å². The molecule has 2 aromatic heterocycles. The van der Waals surface area contributed by atoms with Gasteiger partial charge in [0.1, 0.15) is 0 Å². The fourth-order valence-electron chi connectivity index (χ4n) is 1.81. The lowest BCUT2D eigenvalue weighted by atomic mass is 10.1. The molecular weight excluding hydrogens is 360 g/mol. The highest BCUT2D eigenvalue weighted by Crippen LogP contribution is 2.40. The van der Waals surface area contributed by atoms with E-state index in [1.54, 1.807) is 23.5 Å². The maximum absolute atomic E-state index is 6.24. The summed E-state index contributed by atoms with van der Waals surface area (Å²) in [7, 11) is 0. The van der Waals surface area contributed by atoms with Crippen molar-refractivity contribution >= 4 is 40.7 Å². The zero-order valence-electron chi connectivity index (χ0n) is 11.5. The number of nitrogens with one attached hydrogen (secondary N) is 1. The minimum absolute atomic E-state index is 0.405. The van der Waals surface area contributed by atoms with Crippen LogP contribution in [-0.4, -0.2) is 20.6 Å². The van der Waals surface area contributed by atoms with Gasteiger partial charge in [-0.25, -0.2) is 0 Å². The van der Waals surface area contributed by atoms with Gasteiger partial charge in [0.2, 0.25) is 5.82 Å². The SMILES string of the molecule is NOOSc1cc(-c2nn[nH]n2)c([N-]Cc2cccs2)cc1Cl. The third-order valence-electron chi connectivity index (χ3n) is 2.78. The van der Waals surface area contributed by atoms with Crippen molar-refractivity contribution in [3.05, 3.63) is 44.9 Å². The van der Waals surface area contributed by atoms with E-state index in [2.05, 4.69) is 35.3 Å². The molecule has 3 N–H and O–H groups in total. The molecule has 0 fully saturated rings. The fraction of sp³-hybridized carbons (Fsp3) is 0.0833. The van der Waals surface area contributed by atoms with E-state index in [4.69, 9.17) is 17.5 Å². The first-order chi connectivity index (χ1) is 11.3. The zero-order valence-corrected chi connectivity index (χ0v) is 13.9. The number of rotatable bonds is 7. The second-order valence-corrected chi connectivity index (χ2v) is 6.36. The number of tetrazole rings is 1. The Morgan fingerprint density at radius 3 is 3.04 bits per heavy atom. The Labute approximate surface area is 144 Å². The molecule has 0 spiro atoms. The van der Waals surface area contributed by atoms with Crippen LogP contribution in [0, 0.1) is 0 Å². The van der Waals surface area contributed by atoms with Crippen LogP contribution in [0.1, 0.15) is 4.88 Å². The number of aromatic nitrogens is 4. The third-order valence-corrected chi connectivity index (χ3v) is 4.73. The monoisotopic (exact) mass is 369 g/mol. The lowest BCUT2D eigenvalue weighted by molar-refractivity contribution is -0.195. The van der Waals surface area contributed by atoms with Crippen LogP contribution < -0.4 is 5.90 Å². The zero-order chi connectivity index (χ0) is 16.1. The van der Waals surface area contributed by atoms with Crippen LogP contribution in [0.3, 0.4) is 0 Å². The van der Waals surface area contributed by atoms with Crippen LogP contribution in [-0.2, 0) is 15.9 Å². The molecule has 0 radical (unpaired) electrons. The van der Waals surface area contributed by atoms with Crippen LogP contribution >= 0.6 is 35.0 Å². The first-order valence-corrected chi connectivity index (χ1v) is 8.25. The first-order valence-electron chi connectivity index (χ1n) is 6.25. The summed E-state index contributed by atoms with van der Waals surface area (Å²) in [5.74, 6) is 5.25. The van der Waals surface area contributed by atoms with E-state index in [9.17, 15) is 0 Å². The molecule has 0 atom stereocenters. The van der Waals surface area contributed by atoms with E-state index in [1.165, 1.54) is 0 Å². The molecule has 0 saturated heterocycles. The highest BCUT2D eigenvalue weighted by Gasteiger charge is 2.11. The average molecular weight is 370 g/mol. The van der Waals surface area contributed by atoms with E-state index in [0.29, 0.717) is 33.5 Å². The molecule has 0 aliphatic rings. The molecule has 8 nitrogen and oxygen atoms in total. The Morgan fingerprint density at radius 2 is 2.35 bits per heavy atom. The predicted molar refractivity (Wildman–Crippen MR) is 87.9 cm³/mol. The van der Waals surface area contributed by atoms with Gasteiger partial charge in [-0.1, -0.05) is 30.3 Å². The molecule has 0 saturated carbocycles. The molecule has 0 bridgehead atoms. The largest absolute Gasteiger partial charge is 0.679 e. The van der Waals surface area contributed by atoms with Crippen molar-refractivity contribution in [3.63, 3.8) is 0 Å². The lowest BCUT2D eigenvalue weighted by Gasteiger charge is -2.24. The average Bonchev–Trinajstić information content (AvgIpc) is 3.25.